The molecule has 0 radical (unpaired) electrons. The maximum absolute atomic E-state index is 13.0. The second-order valence-electron chi connectivity index (χ2n) is 8.21. The molecule has 0 saturated heterocycles. The van der Waals surface area contributed by atoms with Crippen LogP contribution >= 0.6 is 11.3 Å². The minimum atomic E-state index is -0.669. The maximum atomic E-state index is 13.0. The molecule has 0 bridgehead atoms. The highest BCUT2D eigenvalue weighted by molar-refractivity contribution is 7.12. The minimum Gasteiger partial charge on any atom is -0.372 e. The SMILES string of the molecule is O=C(NC(Cc1ccccc1)C(=O)NCc1ccc(COCc2ccccc2)cc1)c1cccs1. The molecule has 178 valence electrons. The number of ether oxygens (including phenoxy) is 1. The molecule has 1 unspecified atom stereocenters. The number of hydrogen-bond donors (Lipinski definition) is 2. The van der Waals surface area contributed by atoms with Gasteiger partial charge in [-0.3, -0.25) is 9.59 Å². The quantitative estimate of drug-likeness (QED) is 0.310. The van der Waals surface area contributed by atoms with Crippen LogP contribution in [0.5, 0.6) is 0 Å². The molecule has 6 heteroatoms. The van der Waals surface area contributed by atoms with E-state index in [0.29, 0.717) is 31.1 Å². The third kappa shape index (κ3) is 7.64. The fourth-order valence-corrected chi connectivity index (χ4v) is 4.25. The second-order valence-corrected chi connectivity index (χ2v) is 9.15. The van der Waals surface area contributed by atoms with Gasteiger partial charge in [-0.25, -0.2) is 0 Å². The van der Waals surface area contributed by atoms with Gasteiger partial charge in [0.15, 0.2) is 0 Å². The first-order valence-corrected chi connectivity index (χ1v) is 12.4. The van der Waals surface area contributed by atoms with Gasteiger partial charge in [0.25, 0.3) is 5.91 Å². The van der Waals surface area contributed by atoms with Crippen molar-refractivity contribution in [1.29, 1.82) is 0 Å². The molecule has 0 aliphatic heterocycles. The van der Waals surface area contributed by atoms with Gasteiger partial charge in [0.05, 0.1) is 18.1 Å². The second kappa shape index (κ2) is 12.6. The van der Waals surface area contributed by atoms with Gasteiger partial charge in [-0.15, -0.1) is 11.3 Å². The summed E-state index contributed by atoms with van der Waals surface area (Å²) in [4.78, 5) is 26.2. The molecule has 35 heavy (non-hydrogen) atoms. The molecule has 0 aliphatic carbocycles. The van der Waals surface area contributed by atoms with E-state index in [-0.39, 0.29) is 11.8 Å². The zero-order chi connectivity index (χ0) is 24.3. The Hall–Kier alpha value is -3.74. The van der Waals surface area contributed by atoms with Crippen LogP contribution in [0.4, 0.5) is 0 Å². The summed E-state index contributed by atoms with van der Waals surface area (Å²) in [5.41, 5.74) is 4.18. The van der Waals surface area contributed by atoms with E-state index in [0.717, 1.165) is 22.3 Å². The van der Waals surface area contributed by atoms with Crippen LogP contribution in [-0.4, -0.2) is 17.9 Å². The Morgan fingerprint density at radius 2 is 1.31 bits per heavy atom. The largest absolute Gasteiger partial charge is 0.372 e. The predicted octanol–water partition coefficient (Wildman–Crippen LogP) is 5.12. The first-order valence-electron chi connectivity index (χ1n) is 11.5. The van der Waals surface area contributed by atoms with Crippen LogP contribution in [0.2, 0.25) is 0 Å². The fraction of sp³-hybridized carbons (Fsp3) is 0.172. The molecule has 1 heterocycles. The molecular weight excluding hydrogens is 456 g/mol. The Labute approximate surface area is 209 Å². The van der Waals surface area contributed by atoms with E-state index in [1.165, 1.54) is 11.3 Å². The van der Waals surface area contributed by atoms with E-state index >= 15 is 0 Å². The highest BCUT2D eigenvalue weighted by Gasteiger charge is 2.22. The molecule has 2 N–H and O–H groups in total. The lowest BCUT2D eigenvalue weighted by atomic mass is 10.0. The topological polar surface area (TPSA) is 67.4 Å². The van der Waals surface area contributed by atoms with Crippen LogP contribution in [0.15, 0.2) is 102 Å². The molecule has 5 nitrogen and oxygen atoms in total. The van der Waals surface area contributed by atoms with Gasteiger partial charge in [-0.1, -0.05) is 91.0 Å². The number of amides is 2. The van der Waals surface area contributed by atoms with Crippen molar-refractivity contribution in [1.82, 2.24) is 10.6 Å². The summed E-state index contributed by atoms with van der Waals surface area (Å²) >= 11 is 1.35. The molecule has 4 rings (SSSR count). The van der Waals surface area contributed by atoms with E-state index in [1.54, 1.807) is 6.07 Å². The normalized spacial score (nSPS) is 11.5. The molecule has 0 fully saturated rings. The Morgan fingerprint density at radius 1 is 0.714 bits per heavy atom. The maximum Gasteiger partial charge on any atom is 0.262 e. The predicted molar refractivity (Wildman–Crippen MR) is 139 cm³/mol. The lowest BCUT2D eigenvalue weighted by molar-refractivity contribution is -0.123. The van der Waals surface area contributed by atoms with Crippen molar-refractivity contribution in [2.75, 3.05) is 0 Å². The van der Waals surface area contributed by atoms with Crippen molar-refractivity contribution in [3.63, 3.8) is 0 Å². The van der Waals surface area contributed by atoms with Crippen molar-refractivity contribution < 1.29 is 14.3 Å². The van der Waals surface area contributed by atoms with Gasteiger partial charge in [-0.05, 0) is 33.7 Å². The van der Waals surface area contributed by atoms with Crippen molar-refractivity contribution in [2.24, 2.45) is 0 Å². The van der Waals surface area contributed by atoms with Crippen molar-refractivity contribution in [2.45, 2.75) is 32.2 Å². The smallest absolute Gasteiger partial charge is 0.262 e. The molecule has 1 atom stereocenters. The number of nitrogens with one attached hydrogen (secondary N) is 2. The van der Waals surface area contributed by atoms with Gasteiger partial charge in [0.1, 0.15) is 6.04 Å². The number of rotatable bonds is 11. The Bertz CT molecular complexity index is 1190. The first kappa shape index (κ1) is 24.4. The summed E-state index contributed by atoms with van der Waals surface area (Å²) in [6.07, 6.45) is 0.418. The standard InChI is InChI=1S/C29H28N2O3S/c32-28(26(18-22-8-3-1-4-9-22)31-29(33)27-12-7-17-35-27)30-19-23-13-15-25(16-14-23)21-34-20-24-10-5-2-6-11-24/h1-17,26H,18-21H2,(H,30,32)(H,31,33). The molecular formula is C29H28N2O3S. The lowest BCUT2D eigenvalue weighted by Gasteiger charge is -2.18. The van der Waals surface area contributed by atoms with Gasteiger partial charge in [0.2, 0.25) is 5.91 Å². The molecule has 0 aliphatic rings. The zero-order valence-electron chi connectivity index (χ0n) is 19.4. The van der Waals surface area contributed by atoms with Crippen LogP contribution in [0.1, 0.15) is 31.9 Å². The molecule has 2 amide bonds. The number of thiophene rings is 1. The third-order valence-corrected chi connectivity index (χ3v) is 6.39. The third-order valence-electron chi connectivity index (χ3n) is 5.52. The number of carbonyl (C=O) groups is 2. The van der Waals surface area contributed by atoms with E-state index in [4.69, 9.17) is 4.74 Å². The van der Waals surface area contributed by atoms with Crippen molar-refractivity contribution >= 4 is 23.2 Å². The summed E-state index contributed by atoms with van der Waals surface area (Å²) in [6.45, 7) is 1.47. The summed E-state index contributed by atoms with van der Waals surface area (Å²) in [7, 11) is 0. The monoisotopic (exact) mass is 484 g/mol. The van der Waals surface area contributed by atoms with Gasteiger partial charge in [-0.2, -0.15) is 0 Å². The summed E-state index contributed by atoms with van der Waals surface area (Å²) in [6, 6.07) is 30.7. The molecule has 1 aromatic heterocycles. The van der Waals surface area contributed by atoms with E-state index in [2.05, 4.69) is 10.6 Å². The summed E-state index contributed by atoms with van der Waals surface area (Å²) < 4.78 is 5.79. The first-order chi connectivity index (χ1) is 17.2. The zero-order valence-corrected chi connectivity index (χ0v) is 20.2. The minimum absolute atomic E-state index is 0.214. The molecule has 0 spiro atoms. The Balaban J connectivity index is 1.31. The van der Waals surface area contributed by atoms with E-state index in [1.807, 2.05) is 96.4 Å². The van der Waals surface area contributed by atoms with Crippen LogP contribution in [0.25, 0.3) is 0 Å². The molecule has 0 saturated carbocycles. The van der Waals surface area contributed by atoms with E-state index in [9.17, 15) is 9.59 Å². The number of carbonyl (C=O) groups excluding carboxylic acids is 2. The fourth-order valence-electron chi connectivity index (χ4n) is 3.62. The Kier molecular flexibility index (Phi) is 8.81. The highest BCUT2D eigenvalue weighted by Crippen LogP contribution is 2.11. The van der Waals surface area contributed by atoms with Crippen LogP contribution < -0.4 is 10.6 Å². The van der Waals surface area contributed by atoms with Gasteiger partial charge in [0, 0.05) is 13.0 Å². The Morgan fingerprint density at radius 3 is 1.94 bits per heavy atom. The average molecular weight is 485 g/mol. The summed E-state index contributed by atoms with van der Waals surface area (Å²) in [5, 5.41) is 7.71. The van der Waals surface area contributed by atoms with Gasteiger partial charge >= 0.3 is 0 Å². The number of hydrogen-bond acceptors (Lipinski definition) is 4. The molecule has 4 aromatic rings. The number of benzene rings is 3. The lowest BCUT2D eigenvalue weighted by Crippen LogP contribution is -2.47. The van der Waals surface area contributed by atoms with Crippen LogP contribution in [0, 0.1) is 0 Å². The van der Waals surface area contributed by atoms with Crippen LogP contribution in [-0.2, 0) is 35.7 Å². The summed E-state index contributed by atoms with van der Waals surface area (Å²) in [5.74, 6) is -0.454. The van der Waals surface area contributed by atoms with Gasteiger partial charge < -0.3 is 15.4 Å². The van der Waals surface area contributed by atoms with Crippen molar-refractivity contribution in [3.05, 3.63) is 130 Å². The average Bonchev–Trinajstić information content (AvgIpc) is 3.44. The highest BCUT2D eigenvalue weighted by atomic mass is 32.1. The molecule has 3 aromatic carbocycles. The van der Waals surface area contributed by atoms with E-state index < -0.39 is 6.04 Å². The van der Waals surface area contributed by atoms with Crippen molar-refractivity contribution in [3.8, 4) is 0 Å². The van der Waals surface area contributed by atoms with Crippen LogP contribution in [0.3, 0.4) is 0 Å².